The Morgan fingerprint density at radius 2 is 2.33 bits per heavy atom. The molecule has 0 aliphatic carbocycles. The maximum Gasteiger partial charge on any atom is 0.163 e. The number of terminal acetylenes is 1. The van der Waals surface area contributed by atoms with Crippen molar-refractivity contribution in [2.75, 3.05) is 6.61 Å². The van der Waals surface area contributed by atoms with Crippen LogP contribution in [-0.2, 0) is 0 Å². The topological polar surface area (TPSA) is 50.1 Å². The van der Waals surface area contributed by atoms with Crippen LogP contribution in [0, 0.1) is 23.7 Å². The van der Waals surface area contributed by atoms with Crippen LogP contribution in [0.1, 0.15) is 22.8 Å². The fourth-order valence-corrected chi connectivity index (χ4v) is 1.12. The molecule has 0 heterocycles. The second-order valence-corrected chi connectivity index (χ2v) is 2.87. The first kappa shape index (κ1) is 10.8. The molecule has 1 aromatic carbocycles. The Balaban J connectivity index is 3.13. The van der Waals surface area contributed by atoms with E-state index < -0.39 is 0 Å². The molecule has 0 N–H and O–H groups in total. The number of hydrogen-bond donors (Lipinski definition) is 0. The molecule has 0 aliphatic rings. The maximum absolute atomic E-state index is 11.2. The molecule has 15 heavy (non-hydrogen) atoms. The van der Waals surface area contributed by atoms with Gasteiger partial charge in [-0.15, -0.1) is 6.42 Å². The third-order valence-electron chi connectivity index (χ3n) is 1.80. The number of carbonyl (C=O) groups excluding carboxylic acids is 1. The van der Waals surface area contributed by atoms with E-state index in [1.165, 1.54) is 13.0 Å². The summed E-state index contributed by atoms with van der Waals surface area (Å²) in [7, 11) is 0. The largest absolute Gasteiger partial charge is 0.480 e. The van der Waals surface area contributed by atoms with Crippen LogP contribution in [0.2, 0.25) is 0 Å². The van der Waals surface area contributed by atoms with Crippen molar-refractivity contribution < 1.29 is 9.53 Å². The summed E-state index contributed by atoms with van der Waals surface area (Å²) in [5.41, 5.74) is 0.872. The number of hydrogen-bond acceptors (Lipinski definition) is 3. The molecular formula is C12H9NO2. The molecule has 74 valence electrons. The average Bonchev–Trinajstić information content (AvgIpc) is 2.25. The molecule has 0 spiro atoms. The van der Waals surface area contributed by atoms with Gasteiger partial charge >= 0.3 is 0 Å². The van der Waals surface area contributed by atoms with Crippen LogP contribution in [-0.4, -0.2) is 12.4 Å². The lowest BCUT2D eigenvalue weighted by Gasteiger charge is -2.07. The van der Waals surface area contributed by atoms with E-state index >= 15 is 0 Å². The Morgan fingerprint density at radius 1 is 1.60 bits per heavy atom. The van der Waals surface area contributed by atoms with Crippen molar-refractivity contribution in [2.45, 2.75) is 6.92 Å². The summed E-state index contributed by atoms with van der Waals surface area (Å²) in [5.74, 6) is 2.55. The summed E-state index contributed by atoms with van der Waals surface area (Å²) in [6.07, 6.45) is 5.05. The number of rotatable bonds is 3. The lowest BCUT2D eigenvalue weighted by atomic mass is 10.1. The lowest BCUT2D eigenvalue weighted by Crippen LogP contribution is -2.01. The average molecular weight is 199 g/mol. The van der Waals surface area contributed by atoms with Crippen molar-refractivity contribution in [3.05, 3.63) is 29.3 Å². The highest BCUT2D eigenvalue weighted by Gasteiger charge is 2.08. The number of carbonyl (C=O) groups is 1. The zero-order chi connectivity index (χ0) is 11.3. The zero-order valence-electron chi connectivity index (χ0n) is 8.28. The normalized spacial score (nSPS) is 8.73. The van der Waals surface area contributed by atoms with Gasteiger partial charge in [0.15, 0.2) is 5.78 Å². The van der Waals surface area contributed by atoms with Crippen molar-refractivity contribution >= 4 is 5.78 Å². The number of ether oxygens (including phenoxy) is 1. The summed E-state index contributed by atoms with van der Waals surface area (Å²) >= 11 is 0. The molecular weight excluding hydrogens is 190 g/mol. The minimum Gasteiger partial charge on any atom is -0.480 e. The van der Waals surface area contributed by atoms with Gasteiger partial charge in [0, 0.05) is 0 Å². The van der Waals surface area contributed by atoms with Gasteiger partial charge in [0.2, 0.25) is 0 Å². The van der Waals surface area contributed by atoms with E-state index in [2.05, 4.69) is 5.92 Å². The van der Waals surface area contributed by atoms with Crippen molar-refractivity contribution in [3.8, 4) is 24.2 Å². The third-order valence-corrected chi connectivity index (χ3v) is 1.80. The highest BCUT2D eigenvalue weighted by Crippen LogP contribution is 2.20. The number of benzene rings is 1. The SMILES string of the molecule is C#CCOc1cc(C#N)ccc1C(C)=O. The van der Waals surface area contributed by atoms with Crippen LogP contribution < -0.4 is 4.74 Å². The van der Waals surface area contributed by atoms with E-state index in [0.29, 0.717) is 16.9 Å². The maximum atomic E-state index is 11.2. The van der Waals surface area contributed by atoms with Gasteiger partial charge in [0.25, 0.3) is 0 Å². The van der Waals surface area contributed by atoms with E-state index in [-0.39, 0.29) is 12.4 Å². The van der Waals surface area contributed by atoms with Crippen LogP contribution in [0.25, 0.3) is 0 Å². The van der Waals surface area contributed by atoms with E-state index in [1.54, 1.807) is 12.1 Å². The predicted molar refractivity (Wildman–Crippen MR) is 55.5 cm³/mol. The predicted octanol–water partition coefficient (Wildman–Crippen LogP) is 1.77. The van der Waals surface area contributed by atoms with Crippen molar-refractivity contribution in [1.82, 2.24) is 0 Å². The standard InChI is InChI=1S/C12H9NO2/c1-3-6-15-12-7-10(8-13)4-5-11(12)9(2)14/h1,4-5,7H,6H2,2H3. The molecule has 0 bridgehead atoms. The van der Waals surface area contributed by atoms with Gasteiger partial charge in [0.05, 0.1) is 17.2 Å². The fraction of sp³-hybridized carbons (Fsp3) is 0.167. The second kappa shape index (κ2) is 4.83. The first-order valence-electron chi connectivity index (χ1n) is 4.30. The van der Waals surface area contributed by atoms with Gasteiger partial charge in [-0.05, 0) is 25.1 Å². The molecule has 0 radical (unpaired) electrons. The Morgan fingerprint density at radius 3 is 2.87 bits per heavy atom. The first-order chi connectivity index (χ1) is 7.19. The Labute approximate surface area is 88.3 Å². The van der Waals surface area contributed by atoms with Crippen molar-refractivity contribution in [1.29, 1.82) is 5.26 Å². The second-order valence-electron chi connectivity index (χ2n) is 2.87. The van der Waals surface area contributed by atoms with E-state index in [9.17, 15) is 4.79 Å². The fourth-order valence-electron chi connectivity index (χ4n) is 1.12. The number of ketones is 1. The van der Waals surface area contributed by atoms with Crippen molar-refractivity contribution in [3.63, 3.8) is 0 Å². The summed E-state index contributed by atoms with van der Waals surface area (Å²) in [4.78, 5) is 11.2. The third kappa shape index (κ3) is 2.59. The van der Waals surface area contributed by atoms with Crippen LogP contribution in [0.5, 0.6) is 5.75 Å². The van der Waals surface area contributed by atoms with Crippen LogP contribution in [0.15, 0.2) is 18.2 Å². The Bertz CT molecular complexity index is 463. The summed E-state index contributed by atoms with van der Waals surface area (Å²) in [5, 5.41) is 8.69. The highest BCUT2D eigenvalue weighted by atomic mass is 16.5. The molecule has 0 saturated heterocycles. The molecule has 0 atom stereocenters. The number of nitrogens with zero attached hydrogens (tertiary/aromatic N) is 1. The molecule has 0 aromatic heterocycles. The molecule has 0 fully saturated rings. The molecule has 3 nitrogen and oxygen atoms in total. The molecule has 1 aromatic rings. The zero-order valence-corrected chi connectivity index (χ0v) is 8.28. The van der Waals surface area contributed by atoms with Crippen molar-refractivity contribution in [2.24, 2.45) is 0 Å². The monoisotopic (exact) mass is 199 g/mol. The molecule has 0 amide bonds. The van der Waals surface area contributed by atoms with Gasteiger partial charge < -0.3 is 4.74 Å². The van der Waals surface area contributed by atoms with Gasteiger partial charge in [-0.3, -0.25) is 4.79 Å². The van der Waals surface area contributed by atoms with Gasteiger partial charge in [0.1, 0.15) is 12.4 Å². The summed E-state index contributed by atoms with van der Waals surface area (Å²) in [6, 6.07) is 6.61. The smallest absolute Gasteiger partial charge is 0.163 e. The highest BCUT2D eigenvalue weighted by molar-refractivity contribution is 5.97. The summed E-state index contributed by atoms with van der Waals surface area (Å²) < 4.78 is 5.18. The molecule has 0 saturated carbocycles. The summed E-state index contributed by atoms with van der Waals surface area (Å²) in [6.45, 7) is 1.51. The van der Waals surface area contributed by atoms with Crippen LogP contribution in [0.3, 0.4) is 0 Å². The van der Waals surface area contributed by atoms with Crippen LogP contribution in [0.4, 0.5) is 0 Å². The van der Waals surface area contributed by atoms with Gasteiger partial charge in [-0.1, -0.05) is 5.92 Å². The van der Waals surface area contributed by atoms with Gasteiger partial charge in [-0.25, -0.2) is 0 Å². The lowest BCUT2D eigenvalue weighted by molar-refractivity contribution is 0.101. The molecule has 0 aliphatic heterocycles. The molecule has 1 rings (SSSR count). The Kier molecular flexibility index (Phi) is 3.49. The molecule has 3 heteroatoms. The van der Waals surface area contributed by atoms with E-state index in [1.807, 2.05) is 6.07 Å². The number of nitriles is 1. The van der Waals surface area contributed by atoms with E-state index in [4.69, 9.17) is 16.4 Å². The Hall–Kier alpha value is -2.26. The minimum atomic E-state index is -0.119. The molecule has 0 unspecified atom stereocenters. The minimum absolute atomic E-state index is 0.0785. The van der Waals surface area contributed by atoms with Crippen LogP contribution >= 0.6 is 0 Å². The number of Topliss-reactive ketones (excluding diaryl/α,β-unsaturated/α-hetero) is 1. The van der Waals surface area contributed by atoms with Gasteiger partial charge in [-0.2, -0.15) is 5.26 Å². The first-order valence-corrected chi connectivity index (χ1v) is 4.30. The van der Waals surface area contributed by atoms with E-state index in [0.717, 1.165) is 0 Å². The quantitative estimate of drug-likeness (QED) is 0.550.